The summed E-state index contributed by atoms with van der Waals surface area (Å²) < 4.78 is 39.4. The van der Waals surface area contributed by atoms with Gasteiger partial charge in [0, 0.05) is 23.2 Å². The second-order valence-corrected chi connectivity index (χ2v) is 6.00. The van der Waals surface area contributed by atoms with Crippen LogP contribution in [0, 0.1) is 5.92 Å². The van der Waals surface area contributed by atoms with E-state index in [1.165, 1.54) is 0 Å². The van der Waals surface area contributed by atoms with E-state index in [1.54, 1.807) is 0 Å². The Morgan fingerprint density at radius 3 is 2.70 bits per heavy atom. The molecule has 1 unspecified atom stereocenters. The van der Waals surface area contributed by atoms with E-state index in [-0.39, 0.29) is 13.0 Å². The number of hydrogen-bond donors (Lipinski definition) is 1. The van der Waals surface area contributed by atoms with Gasteiger partial charge in [-0.1, -0.05) is 22.0 Å². The molecule has 1 aromatic carbocycles. The van der Waals surface area contributed by atoms with E-state index in [9.17, 15) is 13.2 Å². The monoisotopic (exact) mass is 350 g/mol. The zero-order valence-electron chi connectivity index (χ0n) is 11.1. The van der Waals surface area contributed by atoms with Crippen molar-refractivity contribution in [2.45, 2.75) is 25.4 Å². The molecule has 1 atom stereocenters. The molecule has 1 saturated heterocycles. The minimum atomic E-state index is -4.10. The molecule has 20 heavy (non-hydrogen) atoms. The average molecular weight is 351 g/mol. The molecule has 0 aliphatic carbocycles. The lowest BCUT2D eigenvalue weighted by Crippen LogP contribution is -2.41. The summed E-state index contributed by atoms with van der Waals surface area (Å²) in [7, 11) is 0. The van der Waals surface area contributed by atoms with E-state index in [4.69, 9.17) is 5.73 Å². The van der Waals surface area contributed by atoms with E-state index in [0.717, 1.165) is 22.1 Å². The highest BCUT2D eigenvalue weighted by atomic mass is 79.9. The number of alkyl halides is 3. The predicted molar refractivity (Wildman–Crippen MR) is 77.9 cm³/mol. The Bertz CT molecular complexity index is 462. The third-order valence-corrected chi connectivity index (χ3v) is 4.44. The SMILES string of the molecule is NCCc1ccc(N2CCCC(C(F)(F)F)C2)cc1Br. The van der Waals surface area contributed by atoms with Crippen LogP contribution >= 0.6 is 15.9 Å². The second-order valence-electron chi connectivity index (χ2n) is 5.14. The molecule has 1 aromatic rings. The lowest BCUT2D eigenvalue weighted by molar-refractivity contribution is -0.175. The fourth-order valence-corrected chi connectivity index (χ4v) is 3.13. The highest BCUT2D eigenvalue weighted by molar-refractivity contribution is 9.10. The molecule has 6 heteroatoms. The number of nitrogens with two attached hydrogens (primary N) is 1. The zero-order chi connectivity index (χ0) is 14.8. The minimum Gasteiger partial charge on any atom is -0.371 e. The van der Waals surface area contributed by atoms with Crippen LogP contribution in [0.4, 0.5) is 18.9 Å². The van der Waals surface area contributed by atoms with Crippen LogP contribution in [-0.4, -0.2) is 25.8 Å². The van der Waals surface area contributed by atoms with Gasteiger partial charge in [-0.2, -0.15) is 13.2 Å². The van der Waals surface area contributed by atoms with Gasteiger partial charge in [0.2, 0.25) is 0 Å². The normalized spacial score (nSPS) is 20.2. The van der Waals surface area contributed by atoms with E-state index >= 15 is 0 Å². The predicted octanol–water partition coefficient (Wildman–Crippen LogP) is 3.73. The van der Waals surface area contributed by atoms with Gasteiger partial charge in [-0.3, -0.25) is 0 Å². The number of piperidine rings is 1. The van der Waals surface area contributed by atoms with Gasteiger partial charge in [-0.15, -0.1) is 0 Å². The molecule has 0 spiro atoms. The number of anilines is 1. The molecule has 0 aromatic heterocycles. The Morgan fingerprint density at radius 2 is 2.10 bits per heavy atom. The largest absolute Gasteiger partial charge is 0.393 e. The van der Waals surface area contributed by atoms with Crippen LogP contribution in [0.3, 0.4) is 0 Å². The minimum absolute atomic E-state index is 0.0478. The van der Waals surface area contributed by atoms with Crippen molar-refractivity contribution in [3.05, 3.63) is 28.2 Å². The molecule has 0 radical (unpaired) electrons. The summed E-state index contributed by atoms with van der Waals surface area (Å²) in [6, 6.07) is 5.71. The van der Waals surface area contributed by atoms with Crippen LogP contribution in [-0.2, 0) is 6.42 Å². The van der Waals surface area contributed by atoms with Gasteiger partial charge in [-0.25, -0.2) is 0 Å². The van der Waals surface area contributed by atoms with Gasteiger partial charge in [0.1, 0.15) is 0 Å². The lowest BCUT2D eigenvalue weighted by Gasteiger charge is -2.35. The van der Waals surface area contributed by atoms with Crippen LogP contribution in [0.25, 0.3) is 0 Å². The molecule has 112 valence electrons. The highest BCUT2D eigenvalue weighted by Crippen LogP contribution is 2.35. The Hall–Kier alpha value is -0.750. The maximum Gasteiger partial charge on any atom is 0.393 e. The third kappa shape index (κ3) is 3.67. The molecule has 0 saturated carbocycles. The highest BCUT2D eigenvalue weighted by Gasteiger charge is 2.41. The van der Waals surface area contributed by atoms with Crippen molar-refractivity contribution in [3.8, 4) is 0 Å². The van der Waals surface area contributed by atoms with Crippen molar-refractivity contribution in [2.24, 2.45) is 11.7 Å². The maximum atomic E-state index is 12.8. The molecular formula is C14H18BrF3N2. The molecule has 0 bridgehead atoms. The van der Waals surface area contributed by atoms with E-state index in [1.807, 2.05) is 23.1 Å². The summed E-state index contributed by atoms with van der Waals surface area (Å²) in [5.41, 5.74) is 7.44. The first-order valence-electron chi connectivity index (χ1n) is 6.72. The van der Waals surface area contributed by atoms with Crippen LogP contribution < -0.4 is 10.6 Å². The molecular weight excluding hydrogens is 333 g/mol. The van der Waals surface area contributed by atoms with Crippen molar-refractivity contribution in [2.75, 3.05) is 24.5 Å². The first-order chi connectivity index (χ1) is 9.41. The van der Waals surface area contributed by atoms with E-state index in [2.05, 4.69) is 15.9 Å². The van der Waals surface area contributed by atoms with Crippen molar-refractivity contribution < 1.29 is 13.2 Å². The summed E-state index contributed by atoms with van der Waals surface area (Å²) in [6.45, 7) is 1.28. The van der Waals surface area contributed by atoms with Crippen molar-refractivity contribution in [1.82, 2.24) is 0 Å². The number of halogens is 4. The van der Waals surface area contributed by atoms with Gasteiger partial charge in [0.25, 0.3) is 0 Å². The molecule has 1 fully saturated rings. The van der Waals surface area contributed by atoms with Gasteiger partial charge in [-0.05, 0) is 43.5 Å². The molecule has 2 nitrogen and oxygen atoms in total. The molecule has 0 amide bonds. The summed E-state index contributed by atoms with van der Waals surface area (Å²) in [6.07, 6.45) is -2.54. The molecule has 1 aliphatic heterocycles. The smallest absolute Gasteiger partial charge is 0.371 e. The van der Waals surface area contributed by atoms with Gasteiger partial charge in [0.05, 0.1) is 5.92 Å². The molecule has 2 rings (SSSR count). The number of nitrogens with zero attached hydrogens (tertiary/aromatic N) is 1. The number of rotatable bonds is 3. The Labute approximate surface area is 125 Å². The quantitative estimate of drug-likeness (QED) is 0.899. The summed E-state index contributed by atoms with van der Waals surface area (Å²) in [4.78, 5) is 1.82. The maximum absolute atomic E-state index is 12.8. The third-order valence-electron chi connectivity index (χ3n) is 3.70. The zero-order valence-corrected chi connectivity index (χ0v) is 12.7. The van der Waals surface area contributed by atoms with Crippen LogP contribution in [0.15, 0.2) is 22.7 Å². The summed E-state index contributed by atoms with van der Waals surface area (Å²) >= 11 is 3.46. The lowest BCUT2D eigenvalue weighted by atomic mass is 9.97. The van der Waals surface area contributed by atoms with Gasteiger partial charge < -0.3 is 10.6 Å². The van der Waals surface area contributed by atoms with E-state index < -0.39 is 12.1 Å². The first-order valence-corrected chi connectivity index (χ1v) is 7.51. The summed E-state index contributed by atoms with van der Waals surface area (Å²) in [5, 5.41) is 0. The second kappa shape index (κ2) is 6.35. The number of hydrogen-bond acceptors (Lipinski definition) is 2. The van der Waals surface area contributed by atoms with Gasteiger partial charge in [0.15, 0.2) is 0 Å². The fourth-order valence-electron chi connectivity index (χ4n) is 2.57. The first kappa shape index (κ1) is 15.6. The molecule has 1 aliphatic rings. The standard InChI is InChI=1S/C14H18BrF3N2/c15-13-8-12(4-3-10(13)5-6-19)20-7-1-2-11(9-20)14(16,17)18/h3-4,8,11H,1-2,5-7,9,19H2. The van der Waals surface area contributed by atoms with Crippen molar-refractivity contribution >= 4 is 21.6 Å². The van der Waals surface area contributed by atoms with Crippen LogP contribution in [0.2, 0.25) is 0 Å². The van der Waals surface area contributed by atoms with Crippen molar-refractivity contribution in [3.63, 3.8) is 0 Å². The van der Waals surface area contributed by atoms with Crippen molar-refractivity contribution in [1.29, 1.82) is 0 Å². The Morgan fingerprint density at radius 1 is 1.35 bits per heavy atom. The average Bonchev–Trinajstić information content (AvgIpc) is 2.40. The number of benzene rings is 1. The van der Waals surface area contributed by atoms with Gasteiger partial charge >= 0.3 is 6.18 Å². The van der Waals surface area contributed by atoms with Crippen LogP contribution in [0.1, 0.15) is 18.4 Å². The Kier molecular flexibility index (Phi) is 4.96. The topological polar surface area (TPSA) is 29.3 Å². The van der Waals surface area contributed by atoms with E-state index in [0.29, 0.717) is 19.5 Å². The summed E-state index contributed by atoms with van der Waals surface area (Å²) in [5.74, 6) is -1.22. The van der Waals surface area contributed by atoms with Crippen LogP contribution in [0.5, 0.6) is 0 Å². The Balaban J connectivity index is 2.13. The molecule has 1 heterocycles. The molecule has 2 N–H and O–H groups in total. The fraction of sp³-hybridized carbons (Fsp3) is 0.571.